The Labute approximate surface area is 152 Å². The van der Waals surface area contributed by atoms with E-state index in [1.54, 1.807) is 0 Å². The van der Waals surface area contributed by atoms with E-state index >= 15 is 0 Å². The van der Waals surface area contributed by atoms with E-state index in [1.807, 2.05) is 36.4 Å². The van der Waals surface area contributed by atoms with Gasteiger partial charge in [0.2, 0.25) is 6.79 Å². The SMILES string of the molecule is CC1(C)CC(NC(=S)Nc2ccc3c(c2)OCO3)c2ccccc2O1. The lowest BCUT2D eigenvalue weighted by atomic mass is 9.90. The van der Waals surface area contributed by atoms with Gasteiger partial charge in [0.1, 0.15) is 11.4 Å². The van der Waals surface area contributed by atoms with E-state index in [0.29, 0.717) is 5.11 Å². The maximum Gasteiger partial charge on any atom is 0.231 e. The van der Waals surface area contributed by atoms with Crippen LogP contribution >= 0.6 is 12.2 Å². The molecule has 6 heteroatoms. The highest BCUT2D eigenvalue weighted by molar-refractivity contribution is 7.80. The molecular formula is C19H20N2O3S. The monoisotopic (exact) mass is 356 g/mol. The molecule has 2 aliphatic rings. The average Bonchev–Trinajstić information content (AvgIpc) is 3.01. The minimum Gasteiger partial charge on any atom is -0.487 e. The highest BCUT2D eigenvalue weighted by Crippen LogP contribution is 2.39. The Bertz CT molecular complexity index is 822. The van der Waals surface area contributed by atoms with Crippen molar-refractivity contribution in [3.8, 4) is 17.2 Å². The number of anilines is 1. The van der Waals surface area contributed by atoms with E-state index in [2.05, 4.69) is 30.5 Å². The first-order chi connectivity index (χ1) is 12.0. The Kier molecular flexibility index (Phi) is 3.92. The molecule has 2 aromatic rings. The molecule has 0 aliphatic carbocycles. The van der Waals surface area contributed by atoms with Crippen LogP contribution in [0.3, 0.4) is 0 Å². The van der Waals surface area contributed by atoms with Crippen LogP contribution in [0.1, 0.15) is 31.9 Å². The molecule has 0 bridgehead atoms. The molecule has 2 aliphatic heterocycles. The van der Waals surface area contributed by atoms with Gasteiger partial charge in [-0.2, -0.15) is 0 Å². The molecule has 25 heavy (non-hydrogen) atoms. The Balaban J connectivity index is 1.49. The molecule has 1 atom stereocenters. The van der Waals surface area contributed by atoms with Crippen LogP contribution in [-0.4, -0.2) is 17.5 Å². The van der Waals surface area contributed by atoms with Crippen LogP contribution in [0.5, 0.6) is 17.2 Å². The van der Waals surface area contributed by atoms with E-state index in [0.717, 1.165) is 34.9 Å². The van der Waals surface area contributed by atoms with Gasteiger partial charge < -0.3 is 24.8 Å². The number of benzene rings is 2. The first-order valence-corrected chi connectivity index (χ1v) is 8.66. The minimum atomic E-state index is -0.250. The molecule has 2 heterocycles. The molecule has 0 fully saturated rings. The van der Waals surface area contributed by atoms with Crippen LogP contribution in [0.4, 0.5) is 5.69 Å². The molecule has 5 nitrogen and oxygen atoms in total. The summed E-state index contributed by atoms with van der Waals surface area (Å²) in [5, 5.41) is 7.20. The van der Waals surface area contributed by atoms with Crippen LogP contribution in [0.25, 0.3) is 0 Å². The van der Waals surface area contributed by atoms with Crippen molar-refractivity contribution >= 4 is 23.0 Å². The normalized spacial score (nSPS) is 19.5. The van der Waals surface area contributed by atoms with Crippen LogP contribution in [0.2, 0.25) is 0 Å². The number of para-hydroxylation sites is 1. The fourth-order valence-corrected chi connectivity index (χ4v) is 3.49. The lowest BCUT2D eigenvalue weighted by molar-refractivity contribution is 0.0697. The van der Waals surface area contributed by atoms with Gasteiger partial charge in [0.25, 0.3) is 0 Å². The summed E-state index contributed by atoms with van der Waals surface area (Å²) in [5.74, 6) is 2.39. The first-order valence-electron chi connectivity index (χ1n) is 8.25. The lowest BCUT2D eigenvalue weighted by Gasteiger charge is -2.38. The molecule has 4 rings (SSSR count). The first kappa shape index (κ1) is 16.0. The molecule has 0 radical (unpaired) electrons. The van der Waals surface area contributed by atoms with E-state index < -0.39 is 0 Å². The number of fused-ring (bicyclic) bond motifs is 2. The second-order valence-electron chi connectivity index (χ2n) is 6.82. The van der Waals surface area contributed by atoms with Crippen LogP contribution in [-0.2, 0) is 0 Å². The number of thiocarbonyl (C=S) groups is 1. The third-order valence-corrected chi connectivity index (χ3v) is 4.53. The summed E-state index contributed by atoms with van der Waals surface area (Å²) in [6, 6.07) is 13.9. The molecule has 130 valence electrons. The summed E-state index contributed by atoms with van der Waals surface area (Å²) in [5.41, 5.74) is 1.73. The standard InChI is InChI=1S/C19H20N2O3S/c1-19(2)10-14(13-5-3-4-6-15(13)24-19)21-18(25)20-12-7-8-16-17(9-12)23-11-22-16/h3-9,14H,10-11H2,1-2H3,(H2,20,21,25). The molecule has 0 saturated heterocycles. The van der Waals surface area contributed by atoms with Crippen molar-refractivity contribution in [3.05, 3.63) is 48.0 Å². The fourth-order valence-electron chi connectivity index (χ4n) is 3.23. The Morgan fingerprint density at radius 3 is 2.76 bits per heavy atom. The van der Waals surface area contributed by atoms with E-state index in [9.17, 15) is 0 Å². The largest absolute Gasteiger partial charge is 0.487 e. The Morgan fingerprint density at radius 2 is 1.88 bits per heavy atom. The third-order valence-electron chi connectivity index (χ3n) is 4.31. The van der Waals surface area contributed by atoms with Crippen LogP contribution < -0.4 is 24.8 Å². The number of ether oxygens (including phenoxy) is 3. The number of rotatable bonds is 2. The number of hydrogen-bond donors (Lipinski definition) is 2. The lowest BCUT2D eigenvalue weighted by Crippen LogP contribution is -2.42. The number of nitrogens with one attached hydrogen (secondary N) is 2. The third kappa shape index (κ3) is 3.35. The summed E-state index contributed by atoms with van der Waals surface area (Å²) < 4.78 is 16.8. The molecule has 0 saturated carbocycles. The van der Waals surface area contributed by atoms with E-state index in [4.69, 9.17) is 26.4 Å². The average molecular weight is 356 g/mol. The highest BCUT2D eigenvalue weighted by atomic mass is 32.1. The van der Waals surface area contributed by atoms with Crippen LogP contribution in [0.15, 0.2) is 42.5 Å². The van der Waals surface area contributed by atoms with Gasteiger partial charge >= 0.3 is 0 Å². The fraction of sp³-hybridized carbons (Fsp3) is 0.316. The minimum absolute atomic E-state index is 0.0916. The Morgan fingerprint density at radius 1 is 1.08 bits per heavy atom. The van der Waals surface area contributed by atoms with Gasteiger partial charge in [-0.15, -0.1) is 0 Å². The summed E-state index contributed by atoms with van der Waals surface area (Å²) >= 11 is 5.51. The van der Waals surface area contributed by atoms with E-state index in [1.165, 1.54) is 0 Å². The molecule has 0 spiro atoms. The topological polar surface area (TPSA) is 51.8 Å². The van der Waals surface area contributed by atoms with Gasteiger partial charge in [-0.05, 0) is 44.3 Å². The number of hydrogen-bond acceptors (Lipinski definition) is 4. The zero-order chi connectivity index (χ0) is 17.4. The van der Waals surface area contributed by atoms with Crippen molar-refractivity contribution in [2.75, 3.05) is 12.1 Å². The van der Waals surface area contributed by atoms with Gasteiger partial charge in [-0.25, -0.2) is 0 Å². The molecule has 0 amide bonds. The maximum atomic E-state index is 6.07. The smallest absolute Gasteiger partial charge is 0.231 e. The molecule has 2 N–H and O–H groups in total. The van der Waals surface area contributed by atoms with Crippen molar-refractivity contribution < 1.29 is 14.2 Å². The molecule has 1 unspecified atom stereocenters. The second kappa shape index (κ2) is 6.11. The van der Waals surface area contributed by atoms with E-state index in [-0.39, 0.29) is 18.4 Å². The second-order valence-corrected chi connectivity index (χ2v) is 7.23. The summed E-state index contributed by atoms with van der Waals surface area (Å²) in [7, 11) is 0. The van der Waals surface area contributed by atoms with Gasteiger partial charge in [-0.1, -0.05) is 18.2 Å². The zero-order valence-corrected chi connectivity index (χ0v) is 15.0. The summed E-state index contributed by atoms with van der Waals surface area (Å²) in [4.78, 5) is 0. The molecule has 2 aromatic carbocycles. The predicted molar refractivity (Wildman–Crippen MR) is 100 cm³/mol. The van der Waals surface area contributed by atoms with Crippen molar-refractivity contribution in [3.63, 3.8) is 0 Å². The van der Waals surface area contributed by atoms with Crippen molar-refractivity contribution in [2.45, 2.75) is 31.9 Å². The highest BCUT2D eigenvalue weighted by Gasteiger charge is 2.33. The van der Waals surface area contributed by atoms with Crippen molar-refractivity contribution in [2.24, 2.45) is 0 Å². The quantitative estimate of drug-likeness (QED) is 0.793. The van der Waals surface area contributed by atoms with Crippen molar-refractivity contribution in [1.29, 1.82) is 0 Å². The summed E-state index contributed by atoms with van der Waals surface area (Å²) in [6.45, 7) is 4.44. The van der Waals surface area contributed by atoms with Gasteiger partial charge in [0, 0.05) is 23.7 Å². The maximum absolute atomic E-state index is 6.07. The van der Waals surface area contributed by atoms with Gasteiger partial charge in [0.05, 0.1) is 6.04 Å². The zero-order valence-electron chi connectivity index (χ0n) is 14.2. The van der Waals surface area contributed by atoms with Crippen molar-refractivity contribution in [1.82, 2.24) is 5.32 Å². The van der Waals surface area contributed by atoms with Crippen LogP contribution in [0, 0.1) is 0 Å². The molecular weight excluding hydrogens is 336 g/mol. The summed E-state index contributed by atoms with van der Waals surface area (Å²) in [6.07, 6.45) is 0.826. The Hall–Kier alpha value is -2.47. The van der Waals surface area contributed by atoms with Gasteiger partial charge in [0.15, 0.2) is 16.6 Å². The van der Waals surface area contributed by atoms with Gasteiger partial charge in [-0.3, -0.25) is 0 Å². The molecule has 0 aromatic heterocycles. The predicted octanol–water partition coefficient (Wildman–Crippen LogP) is 4.00.